The minimum atomic E-state index is -0.999. The molecule has 5 heteroatoms. The fourth-order valence-corrected chi connectivity index (χ4v) is 1.39. The number of carboxylic acids is 1. The Bertz CT molecular complexity index is 252. The van der Waals surface area contributed by atoms with Crippen molar-refractivity contribution in [2.75, 3.05) is 13.6 Å². The van der Waals surface area contributed by atoms with E-state index >= 15 is 0 Å². The van der Waals surface area contributed by atoms with Crippen LogP contribution < -0.4 is 5.32 Å². The average Bonchev–Trinajstić information content (AvgIpc) is 2.11. The minimum absolute atomic E-state index is 0.131. The maximum absolute atomic E-state index is 11.6. The van der Waals surface area contributed by atoms with Crippen LogP contribution in [0.25, 0.3) is 0 Å². The Hall–Kier alpha value is -1.26. The molecular formula is C11H22N2O3. The van der Waals surface area contributed by atoms with E-state index in [4.69, 9.17) is 5.11 Å². The van der Waals surface area contributed by atoms with Crippen LogP contribution in [0.3, 0.4) is 0 Å². The lowest BCUT2D eigenvalue weighted by atomic mass is 10.1. The maximum atomic E-state index is 11.6. The number of hydrogen-bond acceptors (Lipinski definition) is 2. The van der Waals surface area contributed by atoms with Crippen molar-refractivity contribution in [2.45, 2.75) is 33.7 Å². The van der Waals surface area contributed by atoms with Gasteiger partial charge in [-0.05, 0) is 11.8 Å². The fraction of sp³-hybridized carbons (Fsp3) is 0.818. The maximum Gasteiger partial charge on any atom is 0.326 e. The van der Waals surface area contributed by atoms with Gasteiger partial charge in [0.15, 0.2) is 0 Å². The number of carbonyl (C=O) groups excluding carboxylic acids is 1. The van der Waals surface area contributed by atoms with E-state index in [9.17, 15) is 9.59 Å². The lowest BCUT2D eigenvalue weighted by molar-refractivity contribution is -0.140. The molecule has 0 aliphatic rings. The summed E-state index contributed by atoms with van der Waals surface area (Å²) < 4.78 is 0. The molecule has 0 aromatic rings. The zero-order valence-corrected chi connectivity index (χ0v) is 10.7. The SMILES string of the molecule is CC(C)CN(C)C(=O)N[C@@H](C(=O)O)C(C)C. The number of nitrogens with zero attached hydrogens (tertiary/aromatic N) is 1. The van der Waals surface area contributed by atoms with Gasteiger partial charge in [0.25, 0.3) is 0 Å². The van der Waals surface area contributed by atoms with Crippen molar-refractivity contribution in [3.05, 3.63) is 0 Å². The molecule has 0 radical (unpaired) electrons. The van der Waals surface area contributed by atoms with Gasteiger partial charge in [-0.15, -0.1) is 0 Å². The van der Waals surface area contributed by atoms with E-state index in [0.29, 0.717) is 12.5 Å². The number of carbonyl (C=O) groups is 2. The van der Waals surface area contributed by atoms with Crippen LogP contribution in [0.5, 0.6) is 0 Å². The van der Waals surface area contributed by atoms with Crippen molar-refractivity contribution in [3.8, 4) is 0 Å². The molecule has 0 saturated carbocycles. The van der Waals surface area contributed by atoms with Gasteiger partial charge < -0.3 is 15.3 Å². The fourth-order valence-electron chi connectivity index (χ4n) is 1.39. The van der Waals surface area contributed by atoms with Crippen LogP contribution in [0, 0.1) is 11.8 Å². The summed E-state index contributed by atoms with van der Waals surface area (Å²) in [6, 6.07) is -1.17. The van der Waals surface area contributed by atoms with Crippen LogP contribution in [0.15, 0.2) is 0 Å². The molecule has 16 heavy (non-hydrogen) atoms. The number of hydrogen-bond donors (Lipinski definition) is 2. The topological polar surface area (TPSA) is 69.6 Å². The Morgan fingerprint density at radius 1 is 1.25 bits per heavy atom. The van der Waals surface area contributed by atoms with E-state index in [1.165, 1.54) is 4.90 Å². The highest BCUT2D eigenvalue weighted by Crippen LogP contribution is 2.03. The van der Waals surface area contributed by atoms with E-state index in [-0.39, 0.29) is 11.9 Å². The molecule has 0 heterocycles. The first-order chi connectivity index (χ1) is 7.25. The van der Waals surface area contributed by atoms with Crippen LogP contribution in [-0.4, -0.2) is 41.6 Å². The molecule has 0 unspecified atom stereocenters. The predicted molar refractivity (Wildman–Crippen MR) is 62.3 cm³/mol. The van der Waals surface area contributed by atoms with Crippen molar-refractivity contribution < 1.29 is 14.7 Å². The van der Waals surface area contributed by atoms with E-state index < -0.39 is 12.0 Å². The summed E-state index contributed by atoms with van der Waals surface area (Å²) in [5.74, 6) is -0.770. The largest absolute Gasteiger partial charge is 0.480 e. The first kappa shape index (κ1) is 14.7. The highest BCUT2D eigenvalue weighted by atomic mass is 16.4. The number of urea groups is 1. The second-order valence-corrected chi connectivity index (χ2v) is 4.78. The van der Waals surface area contributed by atoms with Crippen LogP contribution in [0.4, 0.5) is 4.79 Å². The lowest BCUT2D eigenvalue weighted by Crippen LogP contribution is -2.49. The smallest absolute Gasteiger partial charge is 0.326 e. The Labute approximate surface area is 96.8 Å². The van der Waals surface area contributed by atoms with Gasteiger partial charge in [0.05, 0.1) is 0 Å². The Kier molecular flexibility index (Phi) is 5.85. The molecule has 0 aromatic carbocycles. The molecule has 5 nitrogen and oxygen atoms in total. The zero-order valence-electron chi connectivity index (χ0n) is 10.7. The first-order valence-corrected chi connectivity index (χ1v) is 5.50. The Morgan fingerprint density at radius 3 is 2.06 bits per heavy atom. The second kappa shape index (κ2) is 6.35. The van der Waals surface area contributed by atoms with Gasteiger partial charge in [0.2, 0.25) is 0 Å². The van der Waals surface area contributed by atoms with Gasteiger partial charge in [0.1, 0.15) is 6.04 Å². The molecule has 0 aromatic heterocycles. The third-order valence-electron chi connectivity index (χ3n) is 2.20. The van der Waals surface area contributed by atoms with Crippen molar-refractivity contribution in [1.82, 2.24) is 10.2 Å². The minimum Gasteiger partial charge on any atom is -0.480 e. The zero-order chi connectivity index (χ0) is 12.9. The molecule has 0 rings (SSSR count). The molecule has 0 bridgehead atoms. The number of amides is 2. The summed E-state index contributed by atoms with van der Waals surface area (Å²) in [4.78, 5) is 24.0. The van der Waals surface area contributed by atoms with Crippen molar-refractivity contribution in [3.63, 3.8) is 0 Å². The molecule has 0 spiro atoms. The molecule has 2 N–H and O–H groups in total. The number of carboxylic acid groups (broad SMARTS) is 1. The summed E-state index contributed by atoms with van der Waals surface area (Å²) in [5.41, 5.74) is 0. The van der Waals surface area contributed by atoms with E-state index in [1.807, 2.05) is 13.8 Å². The highest BCUT2D eigenvalue weighted by molar-refractivity contribution is 5.82. The quantitative estimate of drug-likeness (QED) is 0.750. The lowest BCUT2D eigenvalue weighted by Gasteiger charge is -2.24. The third-order valence-corrected chi connectivity index (χ3v) is 2.20. The normalized spacial score (nSPS) is 12.7. The standard InChI is InChI=1S/C11H22N2O3/c1-7(2)6-13(5)11(16)12-9(8(3)4)10(14)15/h7-9H,6H2,1-5H3,(H,12,16)(H,14,15)/t9-/m1/s1. The average molecular weight is 230 g/mol. The third kappa shape index (κ3) is 5.00. The van der Waals surface area contributed by atoms with Gasteiger partial charge in [-0.1, -0.05) is 27.7 Å². The van der Waals surface area contributed by atoms with Crippen molar-refractivity contribution in [2.24, 2.45) is 11.8 Å². The van der Waals surface area contributed by atoms with Crippen LogP contribution in [0.1, 0.15) is 27.7 Å². The summed E-state index contributed by atoms with van der Waals surface area (Å²) in [7, 11) is 1.66. The number of rotatable bonds is 5. The number of nitrogens with one attached hydrogen (secondary N) is 1. The molecule has 94 valence electrons. The molecule has 0 aliphatic heterocycles. The van der Waals surface area contributed by atoms with Gasteiger partial charge in [-0.3, -0.25) is 0 Å². The van der Waals surface area contributed by atoms with Crippen molar-refractivity contribution in [1.29, 1.82) is 0 Å². The summed E-state index contributed by atoms with van der Waals surface area (Å²) >= 11 is 0. The first-order valence-electron chi connectivity index (χ1n) is 5.50. The molecule has 2 amide bonds. The molecular weight excluding hydrogens is 208 g/mol. The summed E-state index contributed by atoms with van der Waals surface area (Å²) in [6.07, 6.45) is 0. The monoisotopic (exact) mass is 230 g/mol. The summed E-state index contributed by atoms with van der Waals surface area (Å²) in [6.45, 7) is 8.14. The predicted octanol–water partition coefficient (Wildman–Crippen LogP) is 1.39. The van der Waals surface area contributed by atoms with E-state index in [1.54, 1.807) is 20.9 Å². The Morgan fingerprint density at radius 2 is 1.75 bits per heavy atom. The highest BCUT2D eigenvalue weighted by Gasteiger charge is 2.24. The molecule has 0 saturated heterocycles. The van der Waals surface area contributed by atoms with Crippen LogP contribution >= 0.6 is 0 Å². The van der Waals surface area contributed by atoms with E-state index in [2.05, 4.69) is 5.32 Å². The van der Waals surface area contributed by atoms with Crippen LogP contribution in [0.2, 0.25) is 0 Å². The van der Waals surface area contributed by atoms with Gasteiger partial charge >= 0.3 is 12.0 Å². The second-order valence-electron chi connectivity index (χ2n) is 4.78. The van der Waals surface area contributed by atoms with Gasteiger partial charge in [0, 0.05) is 13.6 Å². The molecule has 0 fully saturated rings. The molecule has 0 aliphatic carbocycles. The molecule has 1 atom stereocenters. The van der Waals surface area contributed by atoms with Gasteiger partial charge in [-0.2, -0.15) is 0 Å². The number of aliphatic carboxylic acids is 1. The van der Waals surface area contributed by atoms with Gasteiger partial charge in [-0.25, -0.2) is 9.59 Å². The Balaban J connectivity index is 4.35. The van der Waals surface area contributed by atoms with Crippen LogP contribution in [-0.2, 0) is 4.79 Å². The summed E-state index contributed by atoms with van der Waals surface area (Å²) in [5, 5.41) is 11.4. The van der Waals surface area contributed by atoms with E-state index in [0.717, 1.165) is 0 Å². The van der Waals surface area contributed by atoms with Crippen molar-refractivity contribution >= 4 is 12.0 Å².